The van der Waals surface area contributed by atoms with Gasteiger partial charge in [0, 0.05) is 5.92 Å². The molecule has 0 aliphatic carbocycles. The minimum Gasteiger partial charge on any atom is -0.479 e. The smallest absolute Gasteiger partial charge is 0.332 e. The molecule has 0 saturated carbocycles. The van der Waals surface area contributed by atoms with Crippen LogP contribution in [0.2, 0.25) is 0 Å². The van der Waals surface area contributed by atoms with Gasteiger partial charge < -0.3 is 29.9 Å². The van der Waals surface area contributed by atoms with Gasteiger partial charge in [-0.3, -0.25) is 0 Å². The lowest BCUT2D eigenvalue weighted by Crippen LogP contribution is -2.56. The number of carboxylic acids is 1. The summed E-state index contributed by atoms with van der Waals surface area (Å²) >= 11 is 0. The zero-order chi connectivity index (χ0) is 13.2. The number of aliphatic hydroxyl groups excluding tert-OH is 3. The fourth-order valence-corrected chi connectivity index (χ4v) is 1.72. The summed E-state index contributed by atoms with van der Waals surface area (Å²) in [5, 5.41) is 37.1. The minimum atomic E-state index is -1.21. The van der Waals surface area contributed by atoms with Crippen LogP contribution in [0.15, 0.2) is 0 Å². The zero-order valence-corrected chi connectivity index (χ0v) is 9.68. The topological polar surface area (TPSA) is 116 Å². The number of carbonyl (C=O) groups is 1. The van der Waals surface area contributed by atoms with E-state index in [1.807, 2.05) is 0 Å². The van der Waals surface area contributed by atoms with Gasteiger partial charge in [-0.1, -0.05) is 6.92 Å². The standard InChI is InChI=1S/C10H18O7/c1-4-8(16-5(2)9(13)14)7(12)6(3-11)17-10(4)15/h4-8,10-12,15H,3H2,1-2H3,(H,13,14). The van der Waals surface area contributed by atoms with Gasteiger partial charge in [-0.05, 0) is 6.92 Å². The second-order valence-corrected chi connectivity index (χ2v) is 4.18. The van der Waals surface area contributed by atoms with Crippen LogP contribution in [-0.2, 0) is 14.3 Å². The van der Waals surface area contributed by atoms with Crippen LogP contribution in [0.4, 0.5) is 0 Å². The van der Waals surface area contributed by atoms with Crippen molar-refractivity contribution in [1.29, 1.82) is 0 Å². The van der Waals surface area contributed by atoms with Crippen molar-refractivity contribution in [2.75, 3.05) is 6.61 Å². The number of rotatable bonds is 4. The molecule has 100 valence electrons. The fourth-order valence-electron chi connectivity index (χ4n) is 1.72. The van der Waals surface area contributed by atoms with Crippen LogP contribution in [-0.4, -0.2) is 63.7 Å². The number of ether oxygens (including phenoxy) is 2. The maximum atomic E-state index is 10.7. The molecule has 0 aromatic carbocycles. The molecular weight excluding hydrogens is 232 g/mol. The van der Waals surface area contributed by atoms with Crippen LogP contribution >= 0.6 is 0 Å². The third kappa shape index (κ3) is 3.14. The van der Waals surface area contributed by atoms with Crippen LogP contribution in [0, 0.1) is 5.92 Å². The largest absolute Gasteiger partial charge is 0.479 e. The van der Waals surface area contributed by atoms with E-state index in [-0.39, 0.29) is 0 Å². The quantitative estimate of drug-likeness (QED) is 0.482. The molecule has 6 unspecified atom stereocenters. The monoisotopic (exact) mass is 250 g/mol. The summed E-state index contributed by atoms with van der Waals surface area (Å²) in [5.74, 6) is -1.75. The van der Waals surface area contributed by atoms with Crippen molar-refractivity contribution in [3.8, 4) is 0 Å². The van der Waals surface area contributed by atoms with Crippen molar-refractivity contribution < 1.29 is 34.7 Å². The van der Waals surface area contributed by atoms with Gasteiger partial charge in [-0.25, -0.2) is 4.79 Å². The summed E-state index contributed by atoms with van der Waals surface area (Å²) in [7, 11) is 0. The zero-order valence-electron chi connectivity index (χ0n) is 9.68. The predicted molar refractivity (Wildman–Crippen MR) is 55.1 cm³/mol. The molecule has 1 aliphatic heterocycles. The SMILES string of the molecule is CC(OC1C(C)C(O)OC(CO)C1O)C(=O)O. The molecule has 7 nitrogen and oxygen atoms in total. The minimum absolute atomic E-state index is 0.480. The van der Waals surface area contributed by atoms with Gasteiger partial charge in [-0.2, -0.15) is 0 Å². The van der Waals surface area contributed by atoms with E-state index in [0.29, 0.717) is 0 Å². The van der Waals surface area contributed by atoms with Gasteiger partial charge in [0.2, 0.25) is 0 Å². The molecule has 1 heterocycles. The van der Waals surface area contributed by atoms with E-state index in [9.17, 15) is 15.0 Å². The second kappa shape index (κ2) is 5.74. The van der Waals surface area contributed by atoms with Crippen molar-refractivity contribution in [2.45, 2.75) is 44.6 Å². The lowest BCUT2D eigenvalue weighted by Gasteiger charge is -2.41. The molecular formula is C10H18O7. The third-order valence-electron chi connectivity index (χ3n) is 2.89. The average Bonchev–Trinajstić information content (AvgIpc) is 2.28. The molecule has 1 aliphatic rings. The number of hydrogen-bond donors (Lipinski definition) is 4. The van der Waals surface area contributed by atoms with Crippen LogP contribution in [0.25, 0.3) is 0 Å². The molecule has 1 fully saturated rings. The molecule has 4 N–H and O–H groups in total. The molecule has 0 aromatic rings. The highest BCUT2D eigenvalue weighted by atomic mass is 16.6. The van der Waals surface area contributed by atoms with Gasteiger partial charge in [0.1, 0.15) is 12.2 Å². The predicted octanol–water partition coefficient (Wildman–Crippen LogP) is -1.45. The summed E-state index contributed by atoms with van der Waals surface area (Å²) in [6.45, 7) is 2.42. The van der Waals surface area contributed by atoms with E-state index < -0.39 is 49.2 Å². The Kier molecular flexibility index (Phi) is 4.84. The maximum absolute atomic E-state index is 10.7. The summed E-state index contributed by atoms with van der Waals surface area (Å²) in [5.41, 5.74) is 0. The molecule has 17 heavy (non-hydrogen) atoms. The summed E-state index contributed by atoms with van der Waals surface area (Å²) in [6, 6.07) is 0. The van der Waals surface area contributed by atoms with Crippen LogP contribution in [0.1, 0.15) is 13.8 Å². The van der Waals surface area contributed by atoms with E-state index in [2.05, 4.69) is 0 Å². The summed E-state index contributed by atoms with van der Waals surface area (Å²) < 4.78 is 10.1. The molecule has 0 aromatic heterocycles. The molecule has 0 radical (unpaired) electrons. The highest BCUT2D eigenvalue weighted by Crippen LogP contribution is 2.27. The lowest BCUT2D eigenvalue weighted by atomic mass is 9.92. The highest BCUT2D eigenvalue weighted by molar-refractivity contribution is 5.71. The normalized spacial score (nSPS) is 39.9. The Balaban J connectivity index is 2.74. The Morgan fingerprint density at radius 2 is 2.06 bits per heavy atom. The van der Waals surface area contributed by atoms with Crippen molar-refractivity contribution in [3.05, 3.63) is 0 Å². The molecule has 0 amide bonds. The van der Waals surface area contributed by atoms with Crippen molar-refractivity contribution in [3.63, 3.8) is 0 Å². The first-order valence-corrected chi connectivity index (χ1v) is 5.39. The molecule has 1 saturated heterocycles. The molecule has 6 atom stereocenters. The molecule has 0 bridgehead atoms. The Hall–Kier alpha value is -0.730. The number of carboxylic acid groups (broad SMARTS) is 1. The van der Waals surface area contributed by atoms with E-state index in [4.69, 9.17) is 19.7 Å². The molecule has 1 rings (SSSR count). The first kappa shape index (κ1) is 14.3. The Morgan fingerprint density at radius 1 is 1.47 bits per heavy atom. The number of aliphatic carboxylic acids is 1. The van der Waals surface area contributed by atoms with Crippen LogP contribution in [0.3, 0.4) is 0 Å². The first-order valence-electron chi connectivity index (χ1n) is 5.39. The van der Waals surface area contributed by atoms with E-state index in [1.165, 1.54) is 6.92 Å². The Labute approximate surface area is 98.6 Å². The Morgan fingerprint density at radius 3 is 2.53 bits per heavy atom. The van der Waals surface area contributed by atoms with Crippen molar-refractivity contribution in [1.82, 2.24) is 0 Å². The summed E-state index contributed by atoms with van der Waals surface area (Å²) in [4.78, 5) is 10.7. The number of hydrogen-bond acceptors (Lipinski definition) is 6. The van der Waals surface area contributed by atoms with Crippen molar-refractivity contribution in [2.24, 2.45) is 5.92 Å². The van der Waals surface area contributed by atoms with Crippen molar-refractivity contribution >= 4 is 5.97 Å². The van der Waals surface area contributed by atoms with Crippen LogP contribution in [0.5, 0.6) is 0 Å². The maximum Gasteiger partial charge on any atom is 0.332 e. The van der Waals surface area contributed by atoms with Gasteiger partial charge in [0.05, 0.1) is 12.7 Å². The lowest BCUT2D eigenvalue weighted by molar-refractivity contribution is -0.279. The molecule has 0 spiro atoms. The first-order chi connectivity index (χ1) is 7.88. The second-order valence-electron chi connectivity index (χ2n) is 4.18. The average molecular weight is 250 g/mol. The highest BCUT2D eigenvalue weighted by Gasteiger charge is 2.44. The molecule has 7 heteroatoms. The van der Waals surface area contributed by atoms with Gasteiger partial charge >= 0.3 is 5.97 Å². The van der Waals surface area contributed by atoms with E-state index in [1.54, 1.807) is 6.92 Å². The van der Waals surface area contributed by atoms with Crippen LogP contribution < -0.4 is 0 Å². The summed E-state index contributed by atoms with van der Waals surface area (Å²) in [6.07, 6.45) is -5.38. The number of aliphatic hydroxyl groups is 3. The Bertz CT molecular complexity index is 269. The van der Waals surface area contributed by atoms with Gasteiger partial charge in [0.15, 0.2) is 12.4 Å². The van der Waals surface area contributed by atoms with Gasteiger partial charge in [0.25, 0.3) is 0 Å². The van der Waals surface area contributed by atoms with E-state index >= 15 is 0 Å². The third-order valence-corrected chi connectivity index (χ3v) is 2.89. The van der Waals surface area contributed by atoms with E-state index in [0.717, 1.165) is 0 Å². The fraction of sp³-hybridized carbons (Fsp3) is 0.900. The van der Waals surface area contributed by atoms with Gasteiger partial charge in [-0.15, -0.1) is 0 Å².